The molecule has 116 valence electrons. The first-order valence-corrected chi connectivity index (χ1v) is 7.50. The largest absolute Gasteiger partial charge is 0.458 e. The average Bonchev–Trinajstić information content (AvgIpc) is 3.19. The lowest BCUT2D eigenvalue weighted by Crippen LogP contribution is -2.16. The predicted molar refractivity (Wildman–Crippen MR) is 83.9 cm³/mol. The minimum absolute atomic E-state index is 0.606. The topological polar surface area (TPSA) is 71.7 Å². The molecule has 2 N–H and O–H groups in total. The van der Waals surface area contributed by atoms with Crippen LogP contribution in [0.3, 0.4) is 0 Å². The number of hydrogen-bond donors (Lipinski definition) is 2. The summed E-state index contributed by atoms with van der Waals surface area (Å²) < 4.78 is 7.98. The van der Waals surface area contributed by atoms with Gasteiger partial charge in [0.2, 0.25) is 0 Å². The molecule has 6 nitrogen and oxygen atoms in total. The highest BCUT2D eigenvalue weighted by molar-refractivity contribution is 5.51. The number of hydrogen-bond acceptors (Lipinski definition) is 4. The van der Waals surface area contributed by atoms with Crippen molar-refractivity contribution < 1.29 is 4.42 Å². The van der Waals surface area contributed by atoms with E-state index in [-0.39, 0.29) is 0 Å². The number of rotatable bonds is 7. The van der Waals surface area contributed by atoms with Crippen LogP contribution >= 0.6 is 0 Å². The second-order valence-corrected chi connectivity index (χ2v) is 5.77. The Bertz CT molecular complexity index is 696. The minimum Gasteiger partial charge on any atom is -0.458 e. The number of nitrogens with one attached hydrogen (secondary N) is 2. The van der Waals surface area contributed by atoms with E-state index in [4.69, 9.17) is 4.42 Å². The number of H-pyrrole nitrogens is 1. The van der Waals surface area contributed by atoms with Crippen LogP contribution in [-0.4, -0.2) is 19.7 Å². The first kappa shape index (κ1) is 14.6. The molecule has 0 saturated carbocycles. The van der Waals surface area contributed by atoms with E-state index < -0.39 is 0 Å². The molecule has 0 aliphatic heterocycles. The second-order valence-electron chi connectivity index (χ2n) is 5.77. The highest BCUT2D eigenvalue weighted by Crippen LogP contribution is 2.19. The van der Waals surface area contributed by atoms with Crippen LogP contribution < -0.4 is 5.32 Å². The summed E-state index contributed by atoms with van der Waals surface area (Å²) in [6, 6.07) is 5.82. The van der Waals surface area contributed by atoms with Crippen molar-refractivity contribution in [2.75, 3.05) is 0 Å². The van der Waals surface area contributed by atoms with Crippen molar-refractivity contribution in [1.82, 2.24) is 25.1 Å². The molecule has 0 aliphatic carbocycles. The molecule has 0 aromatic carbocycles. The van der Waals surface area contributed by atoms with Crippen molar-refractivity contribution in [2.45, 2.75) is 33.5 Å². The standard InChI is InChI=1S/C16H21N5O/c1-12(2)10-21-11-18-8-13(21)7-17-9-14-3-4-16(22-14)15-5-6-19-20-15/h3-6,8,11-12,17H,7,9-10H2,1-2H3,(H,19,20). The molecule has 0 atom stereocenters. The molecule has 22 heavy (non-hydrogen) atoms. The van der Waals surface area contributed by atoms with Crippen molar-refractivity contribution >= 4 is 0 Å². The summed E-state index contributed by atoms with van der Waals surface area (Å²) in [5, 5.41) is 10.2. The van der Waals surface area contributed by atoms with Crippen LogP contribution in [0, 0.1) is 5.92 Å². The maximum absolute atomic E-state index is 5.79. The summed E-state index contributed by atoms with van der Waals surface area (Å²) in [5.41, 5.74) is 2.08. The maximum Gasteiger partial charge on any atom is 0.152 e. The zero-order valence-corrected chi connectivity index (χ0v) is 12.9. The van der Waals surface area contributed by atoms with Crippen LogP contribution in [0.15, 0.2) is 41.3 Å². The first-order valence-electron chi connectivity index (χ1n) is 7.50. The highest BCUT2D eigenvalue weighted by atomic mass is 16.3. The van der Waals surface area contributed by atoms with Gasteiger partial charge < -0.3 is 14.3 Å². The summed E-state index contributed by atoms with van der Waals surface area (Å²) in [6.07, 6.45) is 5.51. The van der Waals surface area contributed by atoms with Gasteiger partial charge in [0.05, 0.1) is 18.6 Å². The van der Waals surface area contributed by atoms with Gasteiger partial charge in [0, 0.05) is 25.5 Å². The fraction of sp³-hybridized carbons (Fsp3) is 0.375. The SMILES string of the molecule is CC(C)Cn1cncc1CNCc1ccc(-c2ccn[nH]2)o1. The highest BCUT2D eigenvalue weighted by Gasteiger charge is 2.07. The van der Waals surface area contributed by atoms with Gasteiger partial charge in [-0.15, -0.1) is 0 Å². The Morgan fingerprint density at radius 1 is 1.27 bits per heavy atom. The lowest BCUT2D eigenvalue weighted by molar-refractivity contribution is 0.475. The zero-order chi connectivity index (χ0) is 15.4. The van der Waals surface area contributed by atoms with E-state index in [0.717, 1.165) is 30.3 Å². The van der Waals surface area contributed by atoms with Gasteiger partial charge in [0.1, 0.15) is 11.5 Å². The van der Waals surface area contributed by atoms with Crippen LogP contribution in [-0.2, 0) is 19.6 Å². The molecule has 0 bridgehead atoms. The molecule has 0 aliphatic rings. The summed E-state index contributed by atoms with van der Waals surface area (Å²) in [5.74, 6) is 2.31. The molecule has 0 spiro atoms. The minimum atomic E-state index is 0.606. The summed E-state index contributed by atoms with van der Waals surface area (Å²) >= 11 is 0. The molecular weight excluding hydrogens is 278 g/mol. The van der Waals surface area contributed by atoms with Crippen LogP contribution in [0.1, 0.15) is 25.3 Å². The summed E-state index contributed by atoms with van der Waals surface area (Å²) in [6.45, 7) is 6.85. The molecule has 0 saturated heterocycles. The van der Waals surface area contributed by atoms with Gasteiger partial charge >= 0.3 is 0 Å². The Balaban J connectivity index is 1.54. The number of aromatic nitrogens is 4. The van der Waals surface area contributed by atoms with Crippen LogP contribution in [0.2, 0.25) is 0 Å². The van der Waals surface area contributed by atoms with E-state index >= 15 is 0 Å². The number of aromatic amines is 1. The third-order valence-electron chi connectivity index (χ3n) is 3.39. The van der Waals surface area contributed by atoms with E-state index in [9.17, 15) is 0 Å². The van der Waals surface area contributed by atoms with Crippen molar-refractivity contribution in [1.29, 1.82) is 0 Å². The van der Waals surface area contributed by atoms with Crippen molar-refractivity contribution in [3.8, 4) is 11.5 Å². The lowest BCUT2D eigenvalue weighted by Gasteiger charge is -2.10. The summed E-state index contributed by atoms with van der Waals surface area (Å²) in [7, 11) is 0. The Morgan fingerprint density at radius 2 is 2.18 bits per heavy atom. The number of nitrogens with zero attached hydrogens (tertiary/aromatic N) is 3. The molecule has 0 amide bonds. The van der Waals surface area contributed by atoms with E-state index in [1.165, 1.54) is 5.69 Å². The van der Waals surface area contributed by atoms with Gasteiger partial charge in [0.15, 0.2) is 5.76 Å². The van der Waals surface area contributed by atoms with E-state index in [1.54, 1.807) is 6.20 Å². The van der Waals surface area contributed by atoms with Crippen LogP contribution in [0.25, 0.3) is 11.5 Å². The third kappa shape index (κ3) is 3.46. The molecule has 3 aromatic heterocycles. The fourth-order valence-electron chi connectivity index (χ4n) is 2.38. The smallest absolute Gasteiger partial charge is 0.152 e. The molecule has 0 unspecified atom stereocenters. The maximum atomic E-state index is 5.79. The van der Waals surface area contributed by atoms with Crippen LogP contribution in [0.4, 0.5) is 0 Å². The number of imidazole rings is 1. The van der Waals surface area contributed by atoms with E-state index in [0.29, 0.717) is 12.5 Å². The Labute approximate surface area is 129 Å². The normalized spacial score (nSPS) is 11.4. The molecular formula is C16H21N5O. The van der Waals surface area contributed by atoms with E-state index in [2.05, 4.69) is 38.9 Å². The van der Waals surface area contributed by atoms with Crippen LogP contribution in [0.5, 0.6) is 0 Å². The predicted octanol–water partition coefficient (Wildman–Crippen LogP) is 2.81. The molecule has 0 radical (unpaired) electrons. The number of furan rings is 1. The molecule has 0 fully saturated rings. The van der Waals surface area contributed by atoms with Gasteiger partial charge in [-0.1, -0.05) is 13.8 Å². The van der Waals surface area contributed by atoms with Gasteiger partial charge in [-0.25, -0.2) is 4.98 Å². The first-order chi connectivity index (χ1) is 10.7. The monoisotopic (exact) mass is 299 g/mol. The molecule has 3 aromatic rings. The lowest BCUT2D eigenvalue weighted by atomic mass is 10.2. The van der Waals surface area contributed by atoms with Gasteiger partial charge in [-0.3, -0.25) is 5.10 Å². The average molecular weight is 299 g/mol. The van der Waals surface area contributed by atoms with Crippen molar-refractivity contribution in [3.63, 3.8) is 0 Å². The third-order valence-corrected chi connectivity index (χ3v) is 3.39. The Morgan fingerprint density at radius 3 is 2.95 bits per heavy atom. The molecule has 3 heterocycles. The second kappa shape index (κ2) is 6.62. The zero-order valence-electron chi connectivity index (χ0n) is 12.9. The van der Waals surface area contributed by atoms with Gasteiger partial charge in [-0.05, 0) is 24.1 Å². The van der Waals surface area contributed by atoms with Crippen molar-refractivity contribution in [3.05, 3.63) is 48.4 Å². The molecule has 3 rings (SSSR count). The van der Waals surface area contributed by atoms with E-state index in [1.807, 2.05) is 30.7 Å². The summed E-state index contributed by atoms with van der Waals surface area (Å²) in [4.78, 5) is 4.23. The van der Waals surface area contributed by atoms with Crippen molar-refractivity contribution in [2.24, 2.45) is 5.92 Å². The molecule has 6 heteroatoms. The Hall–Kier alpha value is -2.34. The van der Waals surface area contributed by atoms with Gasteiger partial charge in [-0.2, -0.15) is 5.10 Å². The fourth-order valence-corrected chi connectivity index (χ4v) is 2.38. The Kier molecular flexibility index (Phi) is 4.39. The van der Waals surface area contributed by atoms with Gasteiger partial charge in [0.25, 0.3) is 0 Å². The quantitative estimate of drug-likeness (QED) is 0.703.